The summed E-state index contributed by atoms with van der Waals surface area (Å²) < 4.78 is 1.18. The van der Waals surface area contributed by atoms with E-state index in [1.54, 1.807) is 0 Å². The Kier molecular flexibility index (Phi) is 5.71. The Morgan fingerprint density at radius 3 is 2.95 bits per heavy atom. The van der Waals surface area contributed by atoms with Crippen molar-refractivity contribution in [3.63, 3.8) is 0 Å². The molecular formula is C16H25BrN2. The van der Waals surface area contributed by atoms with E-state index in [9.17, 15) is 0 Å². The Bertz CT molecular complexity index is 404. The lowest BCUT2D eigenvalue weighted by molar-refractivity contribution is 0.433. The van der Waals surface area contributed by atoms with Crippen molar-refractivity contribution in [1.29, 1.82) is 0 Å². The van der Waals surface area contributed by atoms with Crippen LogP contribution in [0.15, 0.2) is 22.7 Å². The number of rotatable bonds is 5. The van der Waals surface area contributed by atoms with Gasteiger partial charge in [0, 0.05) is 29.3 Å². The van der Waals surface area contributed by atoms with Gasteiger partial charge in [0.25, 0.3) is 0 Å². The van der Waals surface area contributed by atoms with E-state index in [0.29, 0.717) is 0 Å². The largest absolute Gasteiger partial charge is 0.368 e. The average Bonchev–Trinajstić information content (AvgIpc) is 2.42. The van der Waals surface area contributed by atoms with E-state index >= 15 is 0 Å². The standard InChI is InChI=1S/C16H25BrN2/c1-3-6-15-7-4-5-10-19(15)16-11-14(17)9-8-13(16)12-18-2/h8-9,11,15,18H,3-7,10,12H2,1-2H3. The lowest BCUT2D eigenvalue weighted by atomic mass is 9.96. The van der Waals surface area contributed by atoms with E-state index < -0.39 is 0 Å². The number of nitrogens with one attached hydrogen (secondary N) is 1. The summed E-state index contributed by atoms with van der Waals surface area (Å²) in [5.41, 5.74) is 2.83. The topological polar surface area (TPSA) is 15.3 Å². The number of anilines is 1. The van der Waals surface area contributed by atoms with Crippen LogP contribution >= 0.6 is 15.9 Å². The number of benzene rings is 1. The van der Waals surface area contributed by atoms with Gasteiger partial charge in [0.05, 0.1) is 0 Å². The van der Waals surface area contributed by atoms with Crippen LogP contribution in [0.1, 0.15) is 44.6 Å². The van der Waals surface area contributed by atoms with Crippen molar-refractivity contribution in [3.05, 3.63) is 28.2 Å². The van der Waals surface area contributed by atoms with Crippen molar-refractivity contribution in [2.45, 2.75) is 51.6 Å². The normalized spacial score (nSPS) is 19.7. The molecule has 1 saturated heterocycles. The van der Waals surface area contributed by atoms with Gasteiger partial charge in [-0.2, -0.15) is 0 Å². The van der Waals surface area contributed by atoms with Gasteiger partial charge in [0.1, 0.15) is 0 Å². The third-order valence-electron chi connectivity index (χ3n) is 3.97. The van der Waals surface area contributed by atoms with Crippen LogP contribution in [0.3, 0.4) is 0 Å². The first-order valence-electron chi connectivity index (χ1n) is 7.46. The fourth-order valence-corrected chi connectivity index (χ4v) is 3.44. The number of halogens is 1. The maximum Gasteiger partial charge on any atom is 0.0425 e. The number of nitrogens with zero attached hydrogens (tertiary/aromatic N) is 1. The molecule has 0 amide bonds. The predicted octanol–water partition coefficient (Wildman–Crippen LogP) is 4.33. The van der Waals surface area contributed by atoms with E-state index in [4.69, 9.17) is 0 Å². The molecule has 1 N–H and O–H groups in total. The van der Waals surface area contributed by atoms with Crippen LogP contribution in [0.2, 0.25) is 0 Å². The highest BCUT2D eigenvalue weighted by molar-refractivity contribution is 9.10. The average molecular weight is 325 g/mol. The number of piperidine rings is 1. The van der Waals surface area contributed by atoms with Gasteiger partial charge in [-0.25, -0.2) is 0 Å². The van der Waals surface area contributed by atoms with Gasteiger partial charge >= 0.3 is 0 Å². The van der Waals surface area contributed by atoms with Crippen LogP contribution in [-0.4, -0.2) is 19.6 Å². The molecule has 3 heteroatoms. The van der Waals surface area contributed by atoms with E-state index in [1.165, 1.54) is 54.4 Å². The monoisotopic (exact) mass is 324 g/mol. The summed E-state index contributed by atoms with van der Waals surface area (Å²) in [4.78, 5) is 2.64. The third kappa shape index (κ3) is 3.73. The molecule has 1 aromatic rings. The summed E-state index contributed by atoms with van der Waals surface area (Å²) >= 11 is 3.63. The zero-order valence-corrected chi connectivity index (χ0v) is 13.7. The Morgan fingerprint density at radius 1 is 1.37 bits per heavy atom. The van der Waals surface area contributed by atoms with E-state index in [0.717, 1.165) is 12.6 Å². The van der Waals surface area contributed by atoms with Gasteiger partial charge in [-0.1, -0.05) is 35.3 Å². The molecule has 106 valence electrons. The lowest BCUT2D eigenvalue weighted by Gasteiger charge is -2.39. The van der Waals surface area contributed by atoms with Crippen LogP contribution < -0.4 is 10.2 Å². The van der Waals surface area contributed by atoms with Gasteiger partial charge in [-0.3, -0.25) is 0 Å². The molecule has 1 aromatic carbocycles. The maximum atomic E-state index is 3.63. The van der Waals surface area contributed by atoms with Crippen molar-refractivity contribution >= 4 is 21.6 Å². The molecule has 2 rings (SSSR count). The fraction of sp³-hybridized carbons (Fsp3) is 0.625. The van der Waals surface area contributed by atoms with Crippen LogP contribution in [0.4, 0.5) is 5.69 Å². The molecule has 0 spiro atoms. The Labute approximate surface area is 125 Å². The summed E-state index contributed by atoms with van der Waals surface area (Å²) in [6.07, 6.45) is 6.64. The SMILES string of the molecule is CCCC1CCCCN1c1cc(Br)ccc1CNC. The Balaban J connectivity index is 2.28. The summed E-state index contributed by atoms with van der Waals surface area (Å²) in [7, 11) is 2.02. The smallest absolute Gasteiger partial charge is 0.0425 e. The summed E-state index contributed by atoms with van der Waals surface area (Å²) in [5, 5.41) is 3.29. The van der Waals surface area contributed by atoms with Gasteiger partial charge in [-0.15, -0.1) is 0 Å². The van der Waals surface area contributed by atoms with Crippen molar-refractivity contribution in [2.24, 2.45) is 0 Å². The molecule has 1 aliphatic rings. The molecule has 19 heavy (non-hydrogen) atoms. The minimum Gasteiger partial charge on any atom is -0.368 e. The fourth-order valence-electron chi connectivity index (χ4n) is 3.10. The van der Waals surface area contributed by atoms with Gasteiger partial charge in [0.15, 0.2) is 0 Å². The van der Waals surface area contributed by atoms with Gasteiger partial charge in [-0.05, 0) is 50.4 Å². The number of hydrogen-bond donors (Lipinski definition) is 1. The van der Waals surface area contributed by atoms with E-state index in [1.807, 2.05) is 7.05 Å². The number of hydrogen-bond acceptors (Lipinski definition) is 2. The molecule has 2 nitrogen and oxygen atoms in total. The molecule has 1 fully saturated rings. The zero-order chi connectivity index (χ0) is 13.7. The Morgan fingerprint density at radius 2 is 2.21 bits per heavy atom. The third-order valence-corrected chi connectivity index (χ3v) is 4.47. The molecule has 0 saturated carbocycles. The summed E-state index contributed by atoms with van der Waals surface area (Å²) in [6, 6.07) is 7.41. The molecular weight excluding hydrogens is 300 g/mol. The maximum absolute atomic E-state index is 3.63. The summed E-state index contributed by atoms with van der Waals surface area (Å²) in [5.74, 6) is 0. The van der Waals surface area contributed by atoms with Crippen molar-refractivity contribution < 1.29 is 0 Å². The lowest BCUT2D eigenvalue weighted by Crippen LogP contribution is -2.40. The second-order valence-electron chi connectivity index (χ2n) is 5.44. The first-order chi connectivity index (χ1) is 9.26. The first kappa shape index (κ1) is 14.9. The predicted molar refractivity (Wildman–Crippen MR) is 86.8 cm³/mol. The van der Waals surface area contributed by atoms with Crippen molar-refractivity contribution in [3.8, 4) is 0 Å². The zero-order valence-electron chi connectivity index (χ0n) is 12.1. The second-order valence-corrected chi connectivity index (χ2v) is 6.35. The van der Waals surface area contributed by atoms with Crippen LogP contribution in [0, 0.1) is 0 Å². The summed E-state index contributed by atoms with van der Waals surface area (Å²) in [6.45, 7) is 4.44. The highest BCUT2D eigenvalue weighted by atomic mass is 79.9. The molecule has 0 bridgehead atoms. The highest BCUT2D eigenvalue weighted by Gasteiger charge is 2.23. The molecule has 0 aromatic heterocycles. The highest BCUT2D eigenvalue weighted by Crippen LogP contribution is 2.32. The Hall–Kier alpha value is -0.540. The second kappa shape index (κ2) is 7.30. The first-order valence-corrected chi connectivity index (χ1v) is 8.25. The quantitative estimate of drug-likeness (QED) is 0.867. The minimum atomic E-state index is 0.726. The van der Waals surface area contributed by atoms with Crippen molar-refractivity contribution in [2.75, 3.05) is 18.5 Å². The van der Waals surface area contributed by atoms with E-state index in [-0.39, 0.29) is 0 Å². The van der Waals surface area contributed by atoms with Crippen LogP contribution in [0.5, 0.6) is 0 Å². The van der Waals surface area contributed by atoms with Crippen LogP contribution in [-0.2, 0) is 6.54 Å². The molecule has 0 aliphatic carbocycles. The molecule has 1 unspecified atom stereocenters. The molecule has 1 atom stereocenters. The molecule has 0 radical (unpaired) electrons. The van der Waals surface area contributed by atoms with Gasteiger partial charge < -0.3 is 10.2 Å². The van der Waals surface area contributed by atoms with Crippen LogP contribution in [0.25, 0.3) is 0 Å². The minimum absolute atomic E-state index is 0.726. The van der Waals surface area contributed by atoms with Crippen molar-refractivity contribution in [1.82, 2.24) is 5.32 Å². The van der Waals surface area contributed by atoms with E-state index in [2.05, 4.69) is 51.3 Å². The molecule has 1 heterocycles. The van der Waals surface area contributed by atoms with Gasteiger partial charge in [0.2, 0.25) is 0 Å². The molecule has 1 aliphatic heterocycles.